The van der Waals surface area contributed by atoms with Gasteiger partial charge in [-0.1, -0.05) is 66.2 Å². The van der Waals surface area contributed by atoms with Crippen LogP contribution < -0.4 is 10.1 Å². The molecule has 0 radical (unpaired) electrons. The van der Waals surface area contributed by atoms with E-state index in [2.05, 4.69) is 84.0 Å². The second-order valence-electron chi connectivity index (χ2n) is 7.00. The van der Waals surface area contributed by atoms with Gasteiger partial charge in [0.1, 0.15) is 12.4 Å². The first-order chi connectivity index (χ1) is 13.8. The Morgan fingerprint density at radius 3 is 2.37 bits per heavy atom. The maximum absolute atomic E-state index is 6.22. The van der Waals surface area contributed by atoms with Crippen LogP contribution in [-0.2, 0) is 19.7 Å². The molecule has 0 spiro atoms. The Hall–Kier alpha value is -2.59. The Bertz CT molecular complexity index is 1050. The van der Waals surface area contributed by atoms with E-state index in [1.807, 2.05) is 12.3 Å². The summed E-state index contributed by atoms with van der Waals surface area (Å²) in [4.78, 5) is 4.18. The largest absolute Gasteiger partial charge is 0.489 e. The number of halogens is 2. The van der Waals surface area contributed by atoms with Crippen molar-refractivity contribution >= 4 is 35.6 Å². The highest BCUT2D eigenvalue weighted by atomic mass is 35.5. The molecule has 3 aromatic carbocycles. The third kappa shape index (κ3) is 5.96. The van der Waals surface area contributed by atoms with Gasteiger partial charge in [0.25, 0.3) is 0 Å². The summed E-state index contributed by atoms with van der Waals surface area (Å²) in [6.45, 7) is 4.17. The van der Waals surface area contributed by atoms with Crippen molar-refractivity contribution < 1.29 is 4.74 Å². The van der Waals surface area contributed by atoms with Gasteiger partial charge in [-0.2, -0.15) is 0 Å². The number of hydrogen-bond donors (Lipinski definition) is 1. The van der Waals surface area contributed by atoms with E-state index in [4.69, 9.17) is 4.74 Å². The van der Waals surface area contributed by atoms with E-state index in [9.17, 15) is 0 Å². The molecule has 0 saturated heterocycles. The van der Waals surface area contributed by atoms with Crippen LogP contribution in [0.3, 0.4) is 0 Å². The molecule has 0 bridgehead atoms. The summed E-state index contributed by atoms with van der Waals surface area (Å²) in [5.41, 5.74) is 4.79. The van der Waals surface area contributed by atoms with Crippen LogP contribution in [0, 0.1) is 6.92 Å². The van der Waals surface area contributed by atoms with Gasteiger partial charge >= 0.3 is 0 Å². The number of aromatic nitrogens is 1. The predicted octanol–water partition coefficient (Wildman–Crippen LogP) is 6.26. The zero-order valence-electron chi connectivity index (χ0n) is 16.9. The van der Waals surface area contributed by atoms with Crippen LogP contribution in [0.1, 0.15) is 22.3 Å². The molecular formula is C25H26Cl2N2O. The first kappa shape index (κ1) is 23.7. The minimum absolute atomic E-state index is 0. The summed E-state index contributed by atoms with van der Waals surface area (Å²) >= 11 is 0. The summed E-state index contributed by atoms with van der Waals surface area (Å²) in [6.07, 6.45) is 3.69. The number of fused-ring (bicyclic) bond motifs is 1. The molecule has 0 aliphatic heterocycles. The average Bonchev–Trinajstić information content (AvgIpc) is 2.75. The van der Waals surface area contributed by atoms with Gasteiger partial charge in [-0.25, -0.2) is 0 Å². The zero-order valence-corrected chi connectivity index (χ0v) is 18.5. The Balaban J connectivity index is 0.00000160. The van der Waals surface area contributed by atoms with Gasteiger partial charge in [-0.15, -0.1) is 24.8 Å². The number of ether oxygens (including phenoxy) is 1. The molecule has 1 N–H and O–H groups in total. The molecule has 0 aliphatic rings. The lowest BCUT2D eigenvalue weighted by Crippen LogP contribution is -2.14. The second-order valence-corrected chi connectivity index (χ2v) is 7.00. The first-order valence-corrected chi connectivity index (χ1v) is 9.58. The highest BCUT2D eigenvalue weighted by molar-refractivity contribution is 5.87. The lowest BCUT2D eigenvalue weighted by Gasteiger charge is -2.15. The Morgan fingerprint density at radius 2 is 1.60 bits per heavy atom. The molecular weight excluding hydrogens is 415 g/mol. The molecule has 4 aromatic rings. The molecule has 1 aromatic heterocycles. The van der Waals surface area contributed by atoms with Gasteiger partial charge in [0.05, 0.1) is 0 Å². The normalized spacial score (nSPS) is 10.2. The molecule has 30 heavy (non-hydrogen) atoms. The van der Waals surface area contributed by atoms with Crippen molar-refractivity contribution in [2.24, 2.45) is 0 Å². The highest BCUT2D eigenvalue weighted by Gasteiger charge is 2.09. The minimum atomic E-state index is 0. The summed E-state index contributed by atoms with van der Waals surface area (Å²) in [7, 11) is 0. The molecule has 4 rings (SSSR count). The van der Waals surface area contributed by atoms with Gasteiger partial charge < -0.3 is 10.1 Å². The molecule has 0 amide bonds. The van der Waals surface area contributed by atoms with E-state index in [0.29, 0.717) is 6.61 Å². The molecule has 156 valence electrons. The van der Waals surface area contributed by atoms with E-state index in [-0.39, 0.29) is 24.8 Å². The lowest BCUT2D eigenvalue weighted by molar-refractivity contribution is 0.302. The van der Waals surface area contributed by atoms with E-state index in [1.165, 1.54) is 33.0 Å². The Morgan fingerprint density at radius 1 is 0.800 bits per heavy atom. The van der Waals surface area contributed by atoms with Gasteiger partial charge in [0.2, 0.25) is 0 Å². The molecule has 0 fully saturated rings. The van der Waals surface area contributed by atoms with Crippen LogP contribution in [0.4, 0.5) is 0 Å². The van der Waals surface area contributed by atoms with E-state index >= 15 is 0 Å². The fourth-order valence-corrected chi connectivity index (χ4v) is 3.31. The smallest absolute Gasteiger partial charge is 0.124 e. The predicted molar refractivity (Wildman–Crippen MR) is 129 cm³/mol. The highest BCUT2D eigenvalue weighted by Crippen LogP contribution is 2.29. The maximum atomic E-state index is 6.22. The third-order valence-electron chi connectivity index (χ3n) is 4.87. The summed E-state index contributed by atoms with van der Waals surface area (Å²) in [5.74, 6) is 0.929. The van der Waals surface area contributed by atoms with Crippen molar-refractivity contribution in [2.75, 3.05) is 0 Å². The SMILES string of the molecule is Cc1ccc(COc2ccc3ccccc3c2CNCc2cccnc2)cc1.Cl.Cl. The van der Waals surface area contributed by atoms with Crippen LogP contribution >= 0.6 is 24.8 Å². The van der Waals surface area contributed by atoms with Crippen molar-refractivity contribution in [3.63, 3.8) is 0 Å². The average molecular weight is 441 g/mol. The summed E-state index contributed by atoms with van der Waals surface area (Å²) < 4.78 is 6.22. The number of aryl methyl sites for hydroxylation is 1. The van der Waals surface area contributed by atoms with Crippen LogP contribution in [-0.4, -0.2) is 4.98 Å². The topological polar surface area (TPSA) is 34.1 Å². The van der Waals surface area contributed by atoms with Crippen LogP contribution in [0.15, 0.2) is 85.2 Å². The van der Waals surface area contributed by atoms with Gasteiger partial charge in [-0.05, 0) is 41.0 Å². The number of nitrogens with zero attached hydrogens (tertiary/aromatic N) is 1. The summed E-state index contributed by atoms with van der Waals surface area (Å²) in [5, 5.41) is 5.99. The van der Waals surface area contributed by atoms with Crippen molar-refractivity contribution in [1.29, 1.82) is 0 Å². The third-order valence-corrected chi connectivity index (χ3v) is 4.87. The number of hydrogen-bond acceptors (Lipinski definition) is 3. The molecule has 1 heterocycles. The molecule has 0 saturated carbocycles. The quantitative estimate of drug-likeness (QED) is 0.368. The molecule has 0 atom stereocenters. The number of nitrogens with one attached hydrogen (secondary N) is 1. The fourth-order valence-electron chi connectivity index (χ4n) is 3.31. The fraction of sp³-hybridized carbons (Fsp3) is 0.160. The van der Waals surface area contributed by atoms with Crippen molar-refractivity contribution in [2.45, 2.75) is 26.6 Å². The van der Waals surface area contributed by atoms with Crippen molar-refractivity contribution in [3.8, 4) is 5.75 Å². The number of benzene rings is 3. The van der Waals surface area contributed by atoms with E-state index in [1.54, 1.807) is 6.20 Å². The monoisotopic (exact) mass is 440 g/mol. The van der Waals surface area contributed by atoms with Gasteiger partial charge in [-0.3, -0.25) is 4.98 Å². The Labute approximate surface area is 190 Å². The molecule has 3 nitrogen and oxygen atoms in total. The first-order valence-electron chi connectivity index (χ1n) is 9.58. The van der Waals surface area contributed by atoms with Crippen LogP contribution in [0.2, 0.25) is 0 Å². The number of pyridine rings is 1. The minimum Gasteiger partial charge on any atom is -0.489 e. The van der Waals surface area contributed by atoms with Crippen LogP contribution in [0.5, 0.6) is 5.75 Å². The molecule has 0 unspecified atom stereocenters. The van der Waals surface area contributed by atoms with E-state index in [0.717, 1.165) is 18.8 Å². The summed E-state index contributed by atoms with van der Waals surface area (Å²) in [6, 6.07) is 25.2. The second kappa shape index (κ2) is 11.6. The molecule has 0 aliphatic carbocycles. The van der Waals surface area contributed by atoms with Crippen molar-refractivity contribution in [3.05, 3.63) is 107 Å². The van der Waals surface area contributed by atoms with Gasteiger partial charge in [0.15, 0.2) is 0 Å². The maximum Gasteiger partial charge on any atom is 0.124 e. The molecule has 5 heteroatoms. The standard InChI is InChI=1S/C25H24N2O.2ClH/c1-19-8-10-20(11-9-19)18-28-25-13-12-22-6-2-3-7-23(22)24(25)17-27-16-21-5-4-14-26-15-21;;/h2-15,27H,16-18H2,1H3;2*1H. The van der Waals surface area contributed by atoms with Crippen LogP contribution in [0.25, 0.3) is 10.8 Å². The Kier molecular flexibility index (Phi) is 9.13. The number of rotatable bonds is 7. The van der Waals surface area contributed by atoms with E-state index < -0.39 is 0 Å². The lowest BCUT2D eigenvalue weighted by atomic mass is 10.0. The van der Waals surface area contributed by atoms with Gasteiger partial charge in [0, 0.05) is 31.0 Å². The van der Waals surface area contributed by atoms with Crippen molar-refractivity contribution in [1.82, 2.24) is 10.3 Å². The zero-order chi connectivity index (χ0) is 19.2.